The first-order chi connectivity index (χ1) is 15.9. The van der Waals surface area contributed by atoms with Gasteiger partial charge in [0, 0.05) is 5.56 Å². The summed E-state index contributed by atoms with van der Waals surface area (Å²) in [5, 5.41) is 7.14. The van der Waals surface area contributed by atoms with E-state index in [0.29, 0.717) is 34.3 Å². The standard InChI is InChI=1S/C25H32ClN3O4/c1-5-6-9-15-33-23-18(11-10-14-21(23)32-4)16-27-29-25(31)22(17(2)3)28-24(30)19-12-7-8-13-20(19)26/h7-8,10-14,16-17,22H,5-6,9,15H2,1-4H3,(H,28,30)(H,29,31). The van der Waals surface area contributed by atoms with Crippen LogP contribution in [0.2, 0.25) is 5.02 Å². The molecule has 0 saturated heterocycles. The maximum Gasteiger partial charge on any atom is 0.262 e. The monoisotopic (exact) mass is 473 g/mol. The summed E-state index contributed by atoms with van der Waals surface area (Å²) in [5.74, 6) is 0.139. The van der Waals surface area contributed by atoms with Crippen molar-refractivity contribution in [3.8, 4) is 11.5 Å². The zero-order valence-electron chi connectivity index (χ0n) is 19.6. The zero-order chi connectivity index (χ0) is 24.2. The van der Waals surface area contributed by atoms with Crippen LogP contribution in [0.4, 0.5) is 0 Å². The summed E-state index contributed by atoms with van der Waals surface area (Å²) in [7, 11) is 1.58. The predicted molar refractivity (Wildman–Crippen MR) is 131 cm³/mol. The van der Waals surface area contributed by atoms with E-state index in [-0.39, 0.29) is 5.92 Å². The minimum atomic E-state index is -0.791. The van der Waals surface area contributed by atoms with Crippen LogP contribution >= 0.6 is 11.6 Å². The maximum atomic E-state index is 12.8. The normalized spacial score (nSPS) is 11.9. The van der Waals surface area contributed by atoms with E-state index in [1.165, 1.54) is 6.21 Å². The Kier molecular flexibility index (Phi) is 10.7. The fraction of sp³-hybridized carbons (Fsp3) is 0.400. The molecule has 33 heavy (non-hydrogen) atoms. The second-order valence-electron chi connectivity index (χ2n) is 7.84. The van der Waals surface area contributed by atoms with Crippen LogP contribution in [-0.2, 0) is 4.79 Å². The summed E-state index contributed by atoms with van der Waals surface area (Å²) in [4.78, 5) is 25.3. The average Bonchev–Trinajstić information content (AvgIpc) is 2.80. The molecule has 0 heterocycles. The van der Waals surface area contributed by atoms with Crippen LogP contribution in [0, 0.1) is 5.92 Å². The van der Waals surface area contributed by atoms with Crippen LogP contribution in [0.1, 0.15) is 56.0 Å². The van der Waals surface area contributed by atoms with Gasteiger partial charge in [-0.25, -0.2) is 5.43 Å². The van der Waals surface area contributed by atoms with Gasteiger partial charge in [0.1, 0.15) is 6.04 Å². The average molecular weight is 474 g/mol. The molecule has 0 aliphatic carbocycles. The number of hydrazone groups is 1. The highest BCUT2D eigenvalue weighted by Gasteiger charge is 2.25. The number of unbranched alkanes of at least 4 members (excludes halogenated alkanes) is 2. The van der Waals surface area contributed by atoms with Gasteiger partial charge in [-0.15, -0.1) is 0 Å². The molecule has 178 valence electrons. The summed E-state index contributed by atoms with van der Waals surface area (Å²) in [6.45, 7) is 6.37. The van der Waals surface area contributed by atoms with E-state index in [1.54, 1.807) is 31.4 Å². The highest BCUT2D eigenvalue weighted by atomic mass is 35.5. The summed E-state index contributed by atoms with van der Waals surface area (Å²) in [5.41, 5.74) is 3.49. The van der Waals surface area contributed by atoms with Crippen LogP contribution in [0.5, 0.6) is 11.5 Å². The summed E-state index contributed by atoms with van der Waals surface area (Å²) >= 11 is 6.10. The van der Waals surface area contributed by atoms with Crippen molar-refractivity contribution in [2.24, 2.45) is 11.0 Å². The van der Waals surface area contributed by atoms with Crippen molar-refractivity contribution in [1.82, 2.24) is 10.7 Å². The van der Waals surface area contributed by atoms with E-state index in [4.69, 9.17) is 21.1 Å². The zero-order valence-corrected chi connectivity index (χ0v) is 20.3. The van der Waals surface area contributed by atoms with Crippen molar-refractivity contribution >= 4 is 29.6 Å². The van der Waals surface area contributed by atoms with E-state index < -0.39 is 17.9 Å². The minimum Gasteiger partial charge on any atom is -0.493 e. The van der Waals surface area contributed by atoms with Crippen molar-refractivity contribution in [2.45, 2.75) is 46.1 Å². The lowest BCUT2D eigenvalue weighted by Crippen LogP contribution is -2.48. The van der Waals surface area contributed by atoms with Crippen LogP contribution in [0.25, 0.3) is 0 Å². The first kappa shape index (κ1) is 26.2. The molecule has 2 rings (SSSR count). The van der Waals surface area contributed by atoms with Crippen LogP contribution in [0.3, 0.4) is 0 Å². The lowest BCUT2D eigenvalue weighted by atomic mass is 10.0. The lowest BCUT2D eigenvalue weighted by molar-refractivity contribution is -0.123. The molecule has 0 aromatic heterocycles. The molecule has 8 heteroatoms. The van der Waals surface area contributed by atoms with E-state index in [2.05, 4.69) is 22.8 Å². The number of benzene rings is 2. The van der Waals surface area contributed by atoms with Crippen molar-refractivity contribution in [1.29, 1.82) is 0 Å². The smallest absolute Gasteiger partial charge is 0.262 e. The second-order valence-corrected chi connectivity index (χ2v) is 8.25. The molecule has 0 fully saturated rings. The molecular formula is C25H32ClN3O4. The molecule has 1 unspecified atom stereocenters. The Labute approximate surface area is 200 Å². The van der Waals surface area contributed by atoms with Gasteiger partial charge in [-0.2, -0.15) is 5.10 Å². The van der Waals surface area contributed by atoms with Gasteiger partial charge in [0.05, 0.1) is 30.5 Å². The molecular weight excluding hydrogens is 442 g/mol. The van der Waals surface area contributed by atoms with Crippen LogP contribution < -0.4 is 20.2 Å². The molecule has 0 aliphatic rings. The molecule has 0 saturated carbocycles. The molecule has 2 aromatic carbocycles. The highest BCUT2D eigenvalue weighted by Crippen LogP contribution is 2.30. The Hall–Kier alpha value is -3.06. The van der Waals surface area contributed by atoms with Gasteiger partial charge < -0.3 is 14.8 Å². The topological polar surface area (TPSA) is 89.0 Å². The maximum absolute atomic E-state index is 12.8. The summed E-state index contributed by atoms with van der Waals surface area (Å²) < 4.78 is 11.3. The Balaban J connectivity index is 2.08. The number of nitrogens with one attached hydrogen (secondary N) is 2. The number of rotatable bonds is 12. The van der Waals surface area contributed by atoms with Crippen molar-refractivity contribution in [3.05, 3.63) is 58.6 Å². The number of ether oxygens (including phenoxy) is 2. The van der Waals surface area contributed by atoms with Crippen LogP contribution in [-0.4, -0.2) is 37.8 Å². The number of hydrogen-bond acceptors (Lipinski definition) is 5. The van der Waals surface area contributed by atoms with Gasteiger partial charge in [-0.1, -0.05) is 63.4 Å². The van der Waals surface area contributed by atoms with Gasteiger partial charge >= 0.3 is 0 Å². The first-order valence-corrected chi connectivity index (χ1v) is 11.4. The Morgan fingerprint density at radius 2 is 1.88 bits per heavy atom. The largest absolute Gasteiger partial charge is 0.493 e. The molecule has 2 amide bonds. The van der Waals surface area contributed by atoms with Crippen molar-refractivity contribution in [3.63, 3.8) is 0 Å². The second kappa shape index (κ2) is 13.5. The molecule has 7 nitrogen and oxygen atoms in total. The number of hydrogen-bond donors (Lipinski definition) is 2. The number of carbonyl (C=O) groups excluding carboxylic acids is 2. The molecule has 0 aliphatic heterocycles. The molecule has 2 aromatic rings. The van der Waals surface area contributed by atoms with E-state index in [9.17, 15) is 9.59 Å². The van der Waals surface area contributed by atoms with Gasteiger partial charge in [-0.3, -0.25) is 9.59 Å². The van der Waals surface area contributed by atoms with Gasteiger partial charge in [0.2, 0.25) is 0 Å². The van der Waals surface area contributed by atoms with Crippen molar-refractivity contribution < 1.29 is 19.1 Å². The van der Waals surface area contributed by atoms with E-state index >= 15 is 0 Å². The quantitative estimate of drug-likeness (QED) is 0.262. The Bertz CT molecular complexity index is 962. The number of halogens is 1. The Morgan fingerprint density at radius 3 is 2.55 bits per heavy atom. The minimum absolute atomic E-state index is 0.166. The highest BCUT2D eigenvalue weighted by molar-refractivity contribution is 6.33. The number of para-hydroxylation sites is 1. The number of carbonyl (C=O) groups is 2. The van der Waals surface area contributed by atoms with E-state index in [0.717, 1.165) is 19.3 Å². The summed E-state index contributed by atoms with van der Waals surface area (Å²) in [6.07, 6.45) is 4.61. The molecule has 0 radical (unpaired) electrons. The van der Waals surface area contributed by atoms with E-state index in [1.807, 2.05) is 32.0 Å². The third kappa shape index (κ3) is 7.79. The lowest BCUT2D eigenvalue weighted by Gasteiger charge is -2.20. The fourth-order valence-corrected chi connectivity index (χ4v) is 3.33. The van der Waals surface area contributed by atoms with Gasteiger partial charge in [-0.05, 0) is 36.6 Å². The van der Waals surface area contributed by atoms with Gasteiger partial charge in [0.15, 0.2) is 11.5 Å². The predicted octanol–water partition coefficient (Wildman–Crippen LogP) is 4.82. The molecule has 1 atom stereocenters. The number of amides is 2. The molecule has 0 spiro atoms. The SMILES string of the molecule is CCCCCOc1c(C=NNC(=O)C(NC(=O)c2ccccc2Cl)C(C)C)cccc1OC. The summed E-state index contributed by atoms with van der Waals surface area (Å²) in [6, 6.07) is 11.3. The van der Waals surface area contributed by atoms with Crippen LogP contribution in [0.15, 0.2) is 47.6 Å². The Morgan fingerprint density at radius 1 is 1.12 bits per heavy atom. The molecule has 2 N–H and O–H groups in total. The third-order valence-electron chi connectivity index (χ3n) is 4.96. The first-order valence-electron chi connectivity index (χ1n) is 11.1. The van der Waals surface area contributed by atoms with Gasteiger partial charge in [0.25, 0.3) is 11.8 Å². The number of methoxy groups -OCH3 is 1. The third-order valence-corrected chi connectivity index (χ3v) is 5.29. The van der Waals surface area contributed by atoms with Crippen molar-refractivity contribution in [2.75, 3.05) is 13.7 Å². The molecule has 0 bridgehead atoms. The number of nitrogens with zero attached hydrogens (tertiary/aromatic N) is 1. The fourth-order valence-electron chi connectivity index (χ4n) is 3.11.